The normalized spacial score (nSPS) is 14.6. The van der Waals surface area contributed by atoms with Gasteiger partial charge in [-0.3, -0.25) is 0 Å². The average Bonchev–Trinajstić information content (AvgIpc) is 3.06. The molecule has 0 N–H and O–H groups in total. The Morgan fingerprint density at radius 2 is 1.53 bits per heavy atom. The van der Waals surface area contributed by atoms with Crippen LogP contribution in [0.1, 0.15) is 43.9 Å². The predicted octanol–water partition coefficient (Wildman–Crippen LogP) is 7.79. The molecule has 45 heavy (non-hydrogen) atoms. The lowest BCUT2D eigenvalue weighted by Gasteiger charge is -2.34. The molecule has 0 atom stereocenters. The Morgan fingerprint density at radius 3 is 2.20 bits per heavy atom. The number of pyridine rings is 1. The van der Waals surface area contributed by atoms with Crippen LogP contribution in [0.2, 0.25) is 0 Å². The van der Waals surface area contributed by atoms with Gasteiger partial charge in [-0.25, -0.2) is 4.79 Å². The van der Waals surface area contributed by atoms with E-state index in [1.807, 2.05) is 99.6 Å². The fourth-order valence-electron chi connectivity index (χ4n) is 5.42. The number of fused-ring (bicyclic) bond motifs is 1. The molecule has 0 aliphatic carbocycles. The smallest absolute Gasteiger partial charge is 0.410 e. The summed E-state index contributed by atoms with van der Waals surface area (Å²) in [7, 11) is 0. The molecule has 8 nitrogen and oxygen atoms in total. The van der Waals surface area contributed by atoms with E-state index in [9.17, 15) is 4.79 Å². The Labute approximate surface area is 264 Å². The van der Waals surface area contributed by atoms with Crippen molar-refractivity contribution in [1.29, 1.82) is 0 Å². The summed E-state index contributed by atoms with van der Waals surface area (Å²) < 4.78 is 24.3. The lowest BCUT2D eigenvalue weighted by atomic mass is 9.97. The Morgan fingerprint density at radius 1 is 0.822 bits per heavy atom. The molecule has 0 saturated heterocycles. The third kappa shape index (κ3) is 7.40. The first-order chi connectivity index (χ1) is 21.8. The average molecular weight is 606 g/mol. The molecule has 0 unspecified atom stereocenters. The summed E-state index contributed by atoms with van der Waals surface area (Å²) in [6.07, 6.45) is 2.52. The van der Waals surface area contributed by atoms with Crippen LogP contribution in [0.5, 0.6) is 17.5 Å². The van der Waals surface area contributed by atoms with Crippen molar-refractivity contribution in [1.82, 2.24) is 9.88 Å². The highest BCUT2D eigenvalue weighted by atomic mass is 16.6. The number of carbonyl (C=O) groups is 1. The van der Waals surface area contributed by atoms with Gasteiger partial charge in [0.1, 0.15) is 31.1 Å². The van der Waals surface area contributed by atoms with Gasteiger partial charge in [0.15, 0.2) is 5.75 Å². The largest absolute Gasteiger partial charge is 0.489 e. The molecule has 0 radical (unpaired) electrons. The molecular weight excluding hydrogens is 566 g/mol. The van der Waals surface area contributed by atoms with Crippen LogP contribution in [0, 0.1) is 0 Å². The van der Waals surface area contributed by atoms with Crippen LogP contribution in [0.4, 0.5) is 16.2 Å². The van der Waals surface area contributed by atoms with E-state index in [4.69, 9.17) is 23.9 Å². The molecule has 0 bridgehead atoms. The second-order valence-electron chi connectivity index (χ2n) is 12.1. The van der Waals surface area contributed by atoms with Crippen molar-refractivity contribution >= 4 is 23.0 Å². The number of benzene rings is 3. The number of hydrogen-bond acceptors (Lipinski definition) is 7. The van der Waals surface area contributed by atoms with Gasteiger partial charge in [-0.2, -0.15) is 4.98 Å². The standard InChI is InChI=1S/C37H39N3O5/c1-37(2,3)45-36(41)39-21-19-29(20-22-39)30-15-10-16-31-34(30)42-24-23-40(31)32-17-18-33(43-25-27-11-6-4-7-12-27)38-35(32)44-26-28-13-8-5-9-14-28/h4-19H,20-26H2,1-3H3. The van der Waals surface area contributed by atoms with Crippen LogP contribution < -0.4 is 19.1 Å². The molecule has 0 spiro atoms. The number of ether oxygens (including phenoxy) is 4. The molecule has 8 heteroatoms. The summed E-state index contributed by atoms with van der Waals surface area (Å²) in [4.78, 5) is 21.4. The molecule has 0 fully saturated rings. The highest BCUT2D eigenvalue weighted by Crippen LogP contribution is 2.45. The summed E-state index contributed by atoms with van der Waals surface area (Å²) in [6.45, 7) is 8.65. The molecule has 6 rings (SSSR count). The van der Waals surface area contributed by atoms with E-state index < -0.39 is 5.60 Å². The van der Waals surface area contributed by atoms with Crippen LogP contribution >= 0.6 is 0 Å². The number of hydrogen-bond donors (Lipinski definition) is 0. The molecular formula is C37H39N3O5. The highest BCUT2D eigenvalue weighted by Gasteiger charge is 2.29. The quantitative estimate of drug-likeness (QED) is 0.203. The van der Waals surface area contributed by atoms with E-state index in [0.717, 1.165) is 39.4 Å². The van der Waals surface area contributed by atoms with Crippen molar-refractivity contribution in [2.45, 2.75) is 46.0 Å². The Balaban J connectivity index is 1.27. The fraction of sp³-hybridized carbons (Fsp3) is 0.297. The van der Waals surface area contributed by atoms with Crippen molar-refractivity contribution < 1.29 is 23.7 Å². The fourth-order valence-corrected chi connectivity index (χ4v) is 5.42. The Kier molecular flexibility index (Phi) is 8.91. The zero-order valence-electron chi connectivity index (χ0n) is 26.1. The van der Waals surface area contributed by atoms with Crippen molar-refractivity contribution in [3.05, 3.63) is 114 Å². The van der Waals surface area contributed by atoms with E-state index in [-0.39, 0.29) is 6.09 Å². The lowest BCUT2D eigenvalue weighted by Crippen LogP contribution is -2.39. The summed E-state index contributed by atoms with van der Waals surface area (Å²) in [6, 6.07) is 30.2. The minimum Gasteiger partial charge on any atom is -0.489 e. The maximum atomic E-state index is 12.6. The van der Waals surface area contributed by atoms with Gasteiger partial charge in [0.25, 0.3) is 0 Å². The van der Waals surface area contributed by atoms with E-state index >= 15 is 0 Å². The number of carbonyl (C=O) groups excluding carboxylic acids is 1. The van der Waals surface area contributed by atoms with Crippen LogP contribution in [0.25, 0.3) is 5.57 Å². The maximum absolute atomic E-state index is 12.6. The lowest BCUT2D eigenvalue weighted by molar-refractivity contribution is 0.0270. The van der Waals surface area contributed by atoms with Gasteiger partial charge in [0.2, 0.25) is 11.8 Å². The summed E-state index contributed by atoms with van der Waals surface area (Å²) in [5, 5.41) is 0. The van der Waals surface area contributed by atoms with Gasteiger partial charge < -0.3 is 28.7 Å². The van der Waals surface area contributed by atoms with Gasteiger partial charge in [-0.1, -0.05) is 78.9 Å². The molecule has 3 heterocycles. The third-order valence-corrected chi connectivity index (χ3v) is 7.61. The van der Waals surface area contributed by atoms with Crippen LogP contribution in [0.3, 0.4) is 0 Å². The van der Waals surface area contributed by atoms with Crippen LogP contribution in [-0.2, 0) is 18.0 Å². The van der Waals surface area contributed by atoms with E-state index in [0.29, 0.717) is 57.6 Å². The first-order valence-electron chi connectivity index (χ1n) is 15.4. The Bertz CT molecular complexity index is 1650. The van der Waals surface area contributed by atoms with Crippen LogP contribution in [-0.4, -0.2) is 47.8 Å². The van der Waals surface area contributed by atoms with Crippen molar-refractivity contribution in [3.63, 3.8) is 0 Å². The molecule has 2 aliphatic heterocycles. The van der Waals surface area contributed by atoms with Gasteiger partial charge in [0.05, 0.1) is 12.2 Å². The second-order valence-corrected chi connectivity index (χ2v) is 12.1. The monoisotopic (exact) mass is 605 g/mol. The number of anilines is 2. The van der Waals surface area contributed by atoms with Crippen molar-refractivity contribution in [3.8, 4) is 17.5 Å². The van der Waals surface area contributed by atoms with E-state index in [2.05, 4.69) is 23.1 Å². The van der Waals surface area contributed by atoms with Crippen molar-refractivity contribution in [2.75, 3.05) is 31.1 Å². The number of amides is 1. The second kappa shape index (κ2) is 13.3. The van der Waals surface area contributed by atoms with Gasteiger partial charge >= 0.3 is 6.09 Å². The molecule has 1 amide bonds. The highest BCUT2D eigenvalue weighted by molar-refractivity contribution is 5.83. The summed E-state index contributed by atoms with van der Waals surface area (Å²) in [5.74, 6) is 1.81. The molecule has 0 saturated carbocycles. The SMILES string of the molecule is CC(C)(C)OC(=O)N1CC=C(c2cccc3c2OCCN3c2ccc(OCc3ccccc3)nc2OCc2ccccc2)CC1. The van der Waals surface area contributed by atoms with E-state index in [1.165, 1.54) is 0 Å². The van der Waals surface area contributed by atoms with Gasteiger partial charge in [-0.05, 0) is 56.0 Å². The first kappa shape index (κ1) is 30.1. The minimum atomic E-state index is -0.526. The van der Waals surface area contributed by atoms with Crippen molar-refractivity contribution in [2.24, 2.45) is 0 Å². The Hall–Kier alpha value is -4.98. The third-order valence-electron chi connectivity index (χ3n) is 7.61. The summed E-state index contributed by atoms with van der Waals surface area (Å²) in [5.41, 5.74) is 5.56. The van der Waals surface area contributed by atoms with Gasteiger partial charge in [0, 0.05) is 24.7 Å². The zero-order valence-corrected chi connectivity index (χ0v) is 26.1. The first-order valence-corrected chi connectivity index (χ1v) is 15.4. The molecule has 2 aliphatic rings. The number of para-hydroxylation sites is 1. The summed E-state index contributed by atoms with van der Waals surface area (Å²) >= 11 is 0. The maximum Gasteiger partial charge on any atom is 0.410 e. The van der Waals surface area contributed by atoms with E-state index in [1.54, 1.807) is 4.90 Å². The molecule has 4 aromatic rings. The molecule has 232 valence electrons. The number of aromatic nitrogens is 1. The number of nitrogens with zero attached hydrogens (tertiary/aromatic N) is 3. The predicted molar refractivity (Wildman–Crippen MR) is 175 cm³/mol. The molecule has 1 aromatic heterocycles. The molecule has 3 aromatic carbocycles. The topological polar surface area (TPSA) is 73.4 Å². The zero-order chi connectivity index (χ0) is 31.2. The van der Waals surface area contributed by atoms with Crippen LogP contribution in [0.15, 0.2) is 97.1 Å². The minimum absolute atomic E-state index is 0.290. The number of rotatable bonds is 8. The van der Waals surface area contributed by atoms with Gasteiger partial charge in [-0.15, -0.1) is 0 Å².